The van der Waals surface area contributed by atoms with E-state index < -0.39 is 6.10 Å². The summed E-state index contributed by atoms with van der Waals surface area (Å²) in [6.07, 6.45) is 5.96. The molecule has 2 saturated carbocycles. The molecule has 2 fully saturated rings. The lowest BCUT2D eigenvalue weighted by atomic mass is 9.88. The molecule has 0 spiro atoms. The van der Waals surface area contributed by atoms with Gasteiger partial charge in [0.15, 0.2) is 5.65 Å². The molecule has 11 heteroatoms. The van der Waals surface area contributed by atoms with Crippen molar-refractivity contribution >= 4 is 28.9 Å². The Morgan fingerprint density at radius 1 is 1.27 bits per heavy atom. The maximum absolute atomic E-state index is 13.1. The van der Waals surface area contributed by atoms with Gasteiger partial charge in [0, 0.05) is 26.4 Å². The smallest absolute Gasteiger partial charge is 0.274 e. The highest BCUT2D eigenvalue weighted by Crippen LogP contribution is 2.33. The highest BCUT2D eigenvalue weighted by atomic mass is 16.5. The van der Waals surface area contributed by atoms with Crippen molar-refractivity contribution < 1.29 is 14.6 Å². The maximum atomic E-state index is 13.1. The van der Waals surface area contributed by atoms with Gasteiger partial charge in [-0.15, -0.1) is 0 Å². The molecule has 3 aromatic rings. The maximum Gasteiger partial charge on any atom is 0.274 e. The molecule has 5 rings (SSSR count). The zero-order valence-corrected chi connectivity index (χ0v) is 18.5. The van der Waals surface area contributed by atoms with Crippen molar-refractivity contribution in [1.82, 2.24) is 24.5 Å². The molecule has 1 unspecified atom stereocenters. The highest BCUT2D eigenvalue weighted by molar-refractivity contribution is 6.00. The molecule has 4 atom stereocenters. The molecule has 0 radical (unpaired) electrons. The third kappa shape index (κ3) is 3.72. The number of hydrogen-bond donors (Lipinski definition) is 4. The molecule has 1 amide bonds. The lowest BCUT2D eigenvalue weighted by Gasteiger charge is -2.36. The Bertz CT molecular complexity index is 1250. The van der Waals surface area contributed by atoms with E-state index in [9.17, 15) is 14.7 Å². The zero-order chi connectivity index (χ0) is 23.1. The van der Waals surface area contributed by atoms with Crippen molar-refractivity contribution in [3.63, 3.8) is 0 Å². The fourth-order valence-electron chi connectivity index (χ4n) is 4.31. The number of carbonyl (C=O) groups is 1. The van der Waals surface area contributed by atoms with E-state index >= 15 is 0 Å². The fraction of sp³-hybridized carbons (Fsp3) is 0.455. The molecular formula is C22H27N7O4. The van der Waals surface area contributed by atoms with Crippen LogP contribution in [0, 0.1) is 0 Å². The molecule has 3 aromatic heterocycles. The summed E-state index contributed by atoms with van der Waals surface area (Å²) in [5, 5.41) is 23.0. The van der Waals surface area contributed by atoms with Crippen LogP contribution in [0.2, 0.25) is 0 Å². The van der Waals surface area contributed by atoms with Crippen LogP contribution in [0.15, 0.2) is 35.4 Å². The Labute approximate surface area is 189 Å². The van der Waals surface area contributed by atoms with E-state index in [0.29, 0.717) is 29.4 Å². The summed E-state index contributed by atoms with van der Waals surface area (Å²) < 4.78 is 8.67. The van der Waals surface area contributed by atoms with E-state index in [4.69, 9.17) is 4.74 Å². The Morgan fingerprint density at radius 3 is 2.76 bits per heavy atom. The normalized spacial score (nSPS) is 24.1. The summed E-state index contributed by atoms with van der Waals surface area (Å²) in [6, 6.07) is 4.98. The first-order valence-electron chi connectivity index (χ1n) is 11.1. The quantitative estimate of drug-likeness (QED) is 0.420. The van der Waals surface area contributed by atoms with Crippen LogP contribution < -0.4 is 21.5 Å². The van der Waals surface area contributed by atoms with Gasteiger partial charge in [0.2, 0.25) is 0 Å². The average Bonchev–Trinajstić information content (AvgIpc) is 3.22. The number of carbonyl (C=O) groups excluding carboxylic acids is 1. The van der Waals surface area contributed by atoms with E-state index in [0.717, 1.165) is 19.3 Å². The highest BCUT2D eigenvalue weighted by Gasteiger charge is 2.33. The number of methoxy groups -OCH3 is 1. The van der Waals surface area contributed by atoms with Crippen LogP contribution in [-0.4, -0.2) is 62.6 Å². The first-order chi connectivity index (χ1) is 16.0. The first-order valence-corrected chi connectivity index (χ1v) is 11.1. The number of anilines is 3. The average molecular weight is 454 g/mol. The van der Waals surface area contributed by atoms with Crippen molar-refractivity contribution in [1.29, 1.82) is 0 Å². The van der Waals surface area contributed by atoms with E-state index in [1.807, 2.05) is 6.07 Å². The summed E-state index contributed by atoms with van der Waals surface area (Å²) in [7, 11) is 3.40. The standard InChI is InChI=1S/C22H27N7O4/c1-23-19-10-18(25-14-4-3-9-28(22(14)32)15-6-8-17(15)33-2)27-20-12(11-24-29(19)20)21(31)26-13-5-7-16(13)30/h3-4,9-11,13,15-17,23,30H,5-8H2,1-2H3,(H,25,27)(H,26,31)/t13-,15?,16-,17+/m0/s1. The molecule has 0 bridgehead atoms. The monoisotopic (exact) mass is 453 g/mol. The van der Waals surface area contributed by atoms with Crippen molar-refractivity contribution in [3.05, 3.63) is 46.5 Å². The van der Waals surface area contributed by atoms with Crippen molar-refractivity contribution in [3.8, 4) is 0 Å². The molecule has 4 N–H and O–H groups in total. The summed E-state index contributed by atoms with van der Waals surface area (Å²) >= 11 is 0. The van der Waals surface area contributed by atoms with Gasteiger partial charge in [-0.05, 0) is 37.8 Å². The molecule has 3 heterocycles. The van der Waals surface area contributed by atoms with Gasteiger partial charge in [0.1, 0.15) is 22.9 Å². The van der Waals surface area contributed by atoms with Gasteiger partial charge >= 0.3 is 0 Å². The van der Waals surface area contributed by atoms with Gasteiger partial charge in [-0.3, -0.25) is 9.59 Å². The van der Waals surface area contributed by atoms with Gasteiger partial charge in [-0.1, -0.05) is 0 Å². The second-order valence-corrected chi connectivity index (χ2v) is 8.47. The largest absolute Gasteiger partial charge is 0.391 e. The number of aliphatic hydroxyl groups excluding tert-OH is 1. The predicted molar refractivity (Wildman–Crippen MR) is 122 cm³/mol. The number of ether oxygens (including phenoxy) is 1. The number of pyridine rings is 1. The van der Waals surface area contributed by atoms with Crippen LogP contribution >= 0.6 is 0 Å². The second kappa shape index (κ2) is 8.49. The van der Waals surface area contributed by atoms with Crippen LogP contribution in [-0.2, 0) is 4.74 Å². The minimum absolute atomic E-state index is 0.0135. The molecule has 174 valence electrons. The third-order valence-corrected chi connectivity index (χ3v) is 6.60. The Kier molecular flexibility index (Phi) is 5.51. The van der Waals surface area contributed by atoms with Crippen molar-refractivity contribution in [2.24, 2.45) is 0 Å². The summed E-state index contributed by atoms with van der Waals surface area (Å²) in [6.45, 7) is 0. The first kappa shape index (κ1) is 21.4. The van der Waals surface area contributed by atoms with Gasteiger partial charge in [-0.2, -0.15) is 9.61 Å². The number of fused-ring (bicyclic) bond motifs is 1. The van der Waals surface area contributed by atoms with Gasteiger partial charge in [-0.25, -0.2) is 4.98 Å². The number of aromatic nitrogens is 4. The van der Waals surface area contributed by atoms with Gasteiger partial charge < -0.3 is 30.4 Å². The molecule has 0 aromatic carbocycles. The van der Waals surface area contributed by atoms with Gasteiger partial charge in [0.25, 0.3) is 11.5 Å². The molecule has 11 nitrogen and oxygen atoms in total. The molecule has 2 aliphatic rings. The lowest BCUT2D eigenvalue weighted by Crippen LogP contribution is -2.50. The van der Waals surface area contributed by atoms with Crippen LogP contribution in [0.25, 0.3) is 5.65 Å². The summed E-state index contributed by atoms with van der Waals surface area (Å²) in [5.74, 6) is 0.648. The number of nitrogens with zero attached hydrogens (tertiary/aromatic N) is 4. The Hall–Kier alpha value is -3.44. The van der Waals surface area contributed by atoms with Crippen LogP contribution in [0.3, 0.4) is 0 Å². The van der Waals surface area contributed by atoms with E-state index in [-0.39, 0.29) is 35.2 Å². The van der Waals surface area contributed by atoms with Gasteiger partial charge in [0.05, 0.1) is 30.5 Å². The number of rotatable bonds is 7. The van der Waals surface area contributed by atoms with Crippen molar-refractivity contribution in [2.75, 3.05) is 24.8 Å². The number of amides is 1. The van der Waals surface area contributed by atoms with Crippen LogP contribution in [0.5, 0.6) is 0 Å². The zero-order valence-electron chi connectivity index (χ0n) is 18.5. The topological polar surface area (TPSA) is 135 Å². The Balaban J connectivity index is 1.46. The molecular weight excluding hydrogens is 426 g/mol. The van der Waals surface area contributed by atoms with E-state index in [1.165, 1.54) is 10.7 Å². The predicted octanol–water partition coefficient (Wildman–Crippen LogP) is 1.28. The van der Waals surface area contributed by atoms with Crippen molar-refractivity contribution in [2.45, 2.75) is 50.0 Å². The van der Waals surface area contributed by atoms with Crippen LogP contribution in [0.4, 0.5) is 17.3 Å². The van der Waals surface area contributed by atoms with Crippen LogP contribution in [0.1, 0.15) is 42.1 Å². The summed E-state index contributed by atoms with van der Waals surface area (Å²) in [5.41, 5.74) is 0.839. The SMILES string of the molecule is CNc1cc(Nc2cccn(C3CC[C@H]3OC)c2=O)nc2c(C(=O)N[C@H]3CC[C@@H]3O)cnn12. The minimum atomic E-state index is -0.525. The number of nitrogens with one attached hydrogen (secondary N) is 3. The summed E-state index contributed by atoms with van der Waals surface area (Å²) in [4.78, 5) is 30.5. The Morgan fingerprint density at radius 2 is 2.12 bits per heavy atom. The molecule has 33 heavy (non-hydrogen) atoms. The fourth-order valence-corrected chi connectivity index (χ4v) is 4.31. The molecule has 0 aliphatic heterocycles. The minimum Gasteiger partial charge on any atom is -0.391 e. The lowest BCUT2D eigenvalue weighted by molar-refractivity contribution is -0.0103. The molecule has 2 aliphatic carbocycles. The van der Waals surface area contributed by atoms with E-state index in [1.54, 1.807) is 37.1 Å². The third-order valence-electron chi connectivity index (χ3n) is 6.60. The van der Waals surface area contributed by atoms with E-state index in [2.05, 4.69) is 26.0 Å². The number of aliphatic hydroxyl groups is 1. The number of hydrogen-bond acceptors (Lipinski definition) is 8. The second-order valence-electron chi connectivity index (χ2n) is 8.47. The molecule has 0 saturated heterocycles.